The summed E-state index contributed by atoms with van der Waals surface area (Å²) in [5, 5.41) is 4.24. The maximum absolute atomic E-state index is 13.5. The maximum Gasteiger partial charge on any atom is 0.349 e. The molecule has 0 N–H and O–H groups in total. The van der Waals surface area contributed by atoms with Gasteiger partial charge in [0.2, 0.25) is 0 Å². The largest absolute Gasteiger partial charge is 0.450 e. The highest BCUT2D eigenvalue weighted by atomic mass is 16.5. The highest BCUT2D eigenvalue weighted by Gasteiger charge is 2.29. The van der Waals surface area contributed by atoms with E-state index < -0.39 is 0 Å². The van der Waals surface area contributed by atoms with Gasteiger partial charge in [0.1, 0.15) is 22.4 Å². The fourth-order valence-corrected chi connectivity index (χ4v) is 4.58. The fraction of sp³-hybridized carbons (Fsp3) is 0.348. The first kappa shape index (κ1) is 19.9. The number of aromatic nitrogens is 6. The van der Waals surface area contributed by atoms with Crippen molar-refractivity contribution in [2.24, 2.45) is 7.05 Å². The van der Waals surface area contributed by atoms with Crippen LogP contribution in [0, 0.1) is 0 Å². The van der Waals surface area contributed by atoms with Gasteiger partial charge in [0.05, 0.1) is 18.5 Å². The normalized spacial score (nSPS) is 19.0. The molecule has 0 bridgehead atoms. The number of hydrogen-bond donors (Lipinski definition) is 0. The van der Waals surface area contributed by atoms with Crippen molar-refractivity contribution in [2.75, 3.05) is 6.61 Å². The Labute approximate surface area is 187 Å². The third-order valence-electron chi connectivity index (χ3n) is 6.20. The molecule has 0 aliphatic carbocycles. The summed E-state index contributed by atoms with van der Waals surface area (Å²) in [7, 11) is 1.82. The van der Waals surface area contributed by atoms with Crippen molar-refractivity contribution >= 4 is 22.2 Å². The van der Waals surface area contributed by atoms with Gasteiger partial charge in [0, 0.05) is 31.5 Å². The molecule has 6 rings (SSSR count). The molecule has 5 aromatic heterocycles. The molecule has 10 nitrogen and oxygen atoms in total. The van der Waals surface area contributed by atoms with E-state index in [1.54, 1.807) is 21.6 Å². The van der Waals surface area contributed by atoms with Crippen LogP contribution in [0.5, 0.6) is 0 Å². The zero-order valence-electron chi connectivity index (χ0n) is 18.3. The predicted octanol–water partition coefficient (Wildman–Crippen LogP) is 3.72. The van der Waals surface area contributed by atoms with Gasteiger partial charge in [-0.05, 0) is 31.4 Å². The number of hydrogen-bond acceptors (Lipinski definition) is 8. The number of rotatable bonds is 4. The highest BCUT2D eigenvalue weighted by Crippen LogP contribution is 2.37. The van der Waals surface area contributed by atoms with E-state index in [1.165, 1.54) is 6.39 Å². The van der Waals surface area contributed by atoms with Crippen molar-refractivity contribution in [3.8, 4) is 22.7 Å². The van der Waals surface area contributed by atoms with E-state index in [-0.39, 0.29) is 17.8 Å². The van der Waals surface area contributed by atoms with E-state index in [0.717, 1.165) is 12.8 Å². The lowest BCUT2D eigenvalue weighted by Gasteiger charge is -2.30. The summed E-state index contributed by atoms with van der Waals surface area (Å²) in [5.41, 5.74) is 3.74. The molecule has 33 heavy (non-hydrogen) atoms. The van der Waals surface area contributed by atoms with E-state index in [1.807, 2.05) is 25.4 Å². The summed E-state index contributed by atoms with van der Waals surface area (Å²) < 4.78 is 21.0. The Morgan fingerprint density at radius 1 is 1.21 bits per heavy atom. The molecule has 10 heteroatoms. The van der Waals surface area contributed by atoms with Gasteiger partial charge in [0.15, 0.2) is 23.3 Å². The second kappa shape index (κ2) is 7.66. The SMILES string of the molecule is CCC1CC(n2c(=O)nc(-c3cnn(C)c3)c3oc4ccc(-c5cnco5)nc4c32)CCO1. The number of aryl methyl sites for hydroxylation is 1. The minimum Gasteiger partial charge on any atom is -0.450 e. The number of pyridine rings is 1. The van der Waals surface area contributed by atoms with Crippen LogP contribution in [-0.4, -0.2) is 42.0 Å². The molecule has 1 saturated heterocycles. The van der Waals surface area contributed by atoms with Crippen LogP contribution in [0.15, 0.2) is 50.7 Å². The number of ether oxygens (including phenoxy) is 1. The third-order valence-corrected chi connectivity index (χ3v) is 6.20. The molecule has 0 amide bonds. The van der Waals surface area contributed by atoms with Gasteiger partial charge in [-0.15, -0.1) is 0 Å². The van der Waals surface area contributed by atoms with Gasteiger partial charge in [-0.1, -0.05) is 6.92 Å². The first-order valence-corrected chi connectivity index (χ1v) is 11.0. The van der Waals surface area contributed by atoms with Crippen LogP contribution in [0.1, 0.15) is 32.2 Å². The molecule has 6 heterocycles. The van der Waals surface area contributed by atoms with Crippen LogP contribution in [0.4, 0.5) is 0 Å². The van der Waals surface area contributed by atoms with Gasteiger partial charge in [-0.2, -0.15) is 10.1 Å². The lowest BCUT2D eigenvalue weighted by molar-refractivity contribution is -0.00710. The summed E-state index contributed by atoms with van der Waals surface area (Å²) >= 11 is 0. The second-order valence-corrected chi connectivity index (χ2v) is 8.28. The van der Waals surface area contributed by atoms with Crippen LogP contribution in [0.3, 0.4) is 0 Å². The predicted molar refractivity (Wildman–Crippen MR) is 120 cm³/mol. The lowest BCUT2D eigenvalue weighted by atomic mass is 10.0. The minimum absolute atomic E-state index is 0.0642. The van der Waals surface area contributed by atoms with E-state index >= 15 is 0 Å². The summed E-state index contributed by atoms with van der Waals surface area (Å²) in [6, 6.07) is 3.58. The average Bonchev–Trinajstić information content (AvgIpc) is 3.58. The Morgan fingerprint density at radius 2 is 2.12 bits per heavy atom. The number of fused-ring (bicyclic) bond motifs is 3. The Kier molecular flexibility index (Phi) is 4.61. The van der Waals surface area contributed by atoms with Crippen LogP contribution in [-0.2, 0) is 11.8 Å². The zero-order valence-corrected chi connectivity index (χ0v) is 18.3. The molecule has 1 fully saturated rings. The molecular weight excluding hydrogens is 424 g/mol. The van der Waals surface area contributed by atoms with E-state index in [9.17, 15) is 4.79 Å². The van der Waals surface area contributed by atoms with Crippen LogP contribution >= 0.6 is 0 Å². The molecule has 2 atom stereocenters. The Balaban J connectivity index is 1.66. The smallest absolute Gasteiger partial charge is 0.349 e. The first-order valence-electron chi connectivity index (χ1n) is 11.0. The second-order valence-electron chi connectivity index (χ2n) is 8.28. The Morgan fingerprint density at radius 3 is 2.88 bits per heavy atom. The lowest BCUT2D eigenvalue weighted by Crippen LogP contribution is -2.34. The summed E-state index contributed by atoms with van der Waals surface area (Å²) in [5.74, 6) is 0.541. The van der Waals surface area contributed by atoms with E-state index in [2.05, 4.69) is 22.0 Å². The quantitative estimate of drug-likeness (QED) is 0.410. The topological polar surface area (TPSA) is 114 Å². The van der Waals surface area contributed by atoms with Gasteiger partial charge >= 0.3 is 5.69 Å². The molecule has 0 radical (unpaired) electrons. The molecular formula is C23H22N6O4. The third kappa shape index (κ3) is 3.25. The molecule has 0 spiro atoms. The van der Waals surface area contributed by atoms with Crippen molar-refractivity contribution in [3.63, 3.8) is 0 Å². The molecule has 0 aromatic carbocycles. The van der Waals surface area contributed by atoms with Crippen molar-refractivity contribution in [2.45, 2.75) is 38.3 Å². The average molecular weight is 446 g/mol. The first-order chi connectivity index (χ1) is 16.1. The summed E-state index contributed by atoms with van der Waals surface area (Å²) in [6.07, 6.45) is 8.89. The minimum atomic E-state index is -0.335. The van der Waals surface area contributed by atoms with Crippen LogP contribution in [0.25, 0.3) is 44.9 Å². The molecule has 1 aliphatic heterocycles. The van der Waals surface area contributed by atoms with Crippen LogP contribution < -0.4 is 5.69 Å². The molecule has 2 unspecified atom stereocenters. The van der Waals surface area contributed by atoms with Crippen molar-refractivity contribution in [1.82, 2.24) is 29.3 Å². The molecule has 0 saturated carbocycles. The summed E-state index contributed by atoms with van der Waals surface area (Å²) in [4.78, 5) is 26.7. The molecule has 168 valence electrons. The van der Waals surface area contributed by atoms with Crippen molar-refractivity contribution in [1.29, 1.82) is 0 Å². The Hall–Kier alpha value is -3.79. The number of nitrogens with zero attached hydrogens (tertiary/aromatic N) is 6. The fourth-order valence-electron chi connectivity index (χ4n) is 4.58. The summed E-state index contributed by atoms with van der Waals surface area (Å²) in [6.45, 7) is 2.68. The van der Waals surface area contributed by atoms with Crippen LogP contribution in [0.2, 0.25) is 0 Å². The maximum atomic E-state index is 13.5. The zero-order chi connectivity index (χ0) is 22.5. The van der Waals surface area contributed by atoms with E-state index in [0.29, 0.717) is 57.9 Å². The van der Waals surface area contributed by atoms with Gasteiger partial charge < -0.3 is 13.6 Å². The van der Waals surface area contributed by atoms with Gasteiger partial charge in [-0.25, -0.2) is 14.8 Å². The van der Waals surface area contributed by atoms with Gasteiger partial charge in [0.25, 0.3) is 0 Å². The highest BCUT2D eigenvalue weighted by molar-refractivity contribution is 6.05. The van der Waals surface area contributed by atoms with E-state index in [4.69, 9.17) is 18.6 Å². The molecule has 5 aromatic rings. The number of oxazole rings is 1. The standard InChI is InChI=1S/C23H22N6O4/c1-3-15-8-14(6-7-31-15)29-21-20-17(5-4-16(26-20)18-10-24-12-32-18)33-22(21)19(27-23(29)30)13-9-25-28(2)11-13/h4-5,9-12,14-15H,3,6-8H2,1-2H3. The number of furan rings is 1. The Bertz CT molecular complexity index is 1510. The molecule has 1 aliphatic rings. The van der Waals surface area contributed by atoms with Crippen molar-refractivity contribution < 1.29 is 13.6 Å². The monoisotopic (exact) mass is 446 g/mol. The van der Waals surface area contributed by atoms with Crippen molar-refractivity contribution in [3.05, 3.63) is 47.6 Å². The van der Waals surface area contributed by atoms with Gasteiger partial charge in [-0.3, -0.25) is 9.25 Å².